The van der Waals surface area contributed by atoms with Crippen molar-refractivity contribution >= 4 is 11.6 Å². The number of ether oxygens (including phenoxy) is 1. The molecule has 1 saturated heterocycles. The van der Waals surface area contributed by atoms with Crippen LogP contribution in [0.15, 0.2) is 18.2 Å². The van der Waals surface area contributed by atoms with Gasteiger partial charge in [0.15, 0.2) is 0 Å². The summed E-state index contributed by atoms with van der Waals surface area (Å²) < 4.78 is 18.4. The lowest BCUT2D eigenvalue weighted by atomic mass is 9.82. The molecule has 5 heteroatoms. The Hall–Kier alpha value is -1.62. The summed E-state index contributed by atoms with van der Waals surface area (Å²) in [7, 11) is 0. The van der Waals surface area contributed by atoms with E-state index in [-0.39, 0.29) is 22.6 Å². The molecule has 1 aromatic carbocycles. The molecule has 1 amide bonds. The molecule has 0 spiro atoms. The molecule has 1 fully saturated rings. The minimum Gasteiger partial charge on any atom is -0.398 e. The smallest absolute Gasteiger partial charge is 0.253 e. The van der Waals surface area contributed by atoms with Gasteiger partial charge < -0.3 is 15.8 Å². The van der Waals surface area contributed by atoms with Crippen molar-refractivity contribution in [3.63, 3.8) is 0 Å². The number of hydrogen-bond acceptors (Lipinski definition) is 3. The zero-order valence-corrected chi connectivity index (χ0v) is 11.0. The molecule has 0 saturated carbocycles. The molecule has 0 unspecified atom stereocenters. The van der Waals surface area contributed by atoms with Gasteiger partial charge >= 0.3 is 0 Å². The van der Waals surface area contributed by atoms with E-state index in [9.17, 15) is 9.18 Å². The summed E-state index contributed by atoms with van der Waals surface area (Å²) in [6.45, 7) is 4.10. The number of carbonyl (C=O) groups is 1. The standard InChI is InChI=1S/C14H19FN2O2/c1-14(4-6-19-7-5-14)9-17-13(18)11-8-10(15)2-3-12(11)16/h2-3,8H,4-7,9,16H2,1H3,(H,17,18). The van der Waals surface area contributed by atoms with E-state index in [1.54, 1.807) is 0 Å². The third-order valence-electron chi connectivity index (χ3n) is 3.64. The maximum Gasteiger partial charge on any atom is 0.253 e. The van der Waals surface area contributed by atoms with Crippen LogP contribution in [0.3, 0.4) is 0 Å². The minimum atomic E-state index is -0.461. The van der Waals surface area contributed by atoms with E-state index in [2.05, 4.69) is 12.2 Å². The highest BCUT2D eigenvalue weighted by Crippen LogP contribution is 2.28. The Morgan fingerprint density at radius 3 is 2.84 bits per heavy atom. The first-order valence-electron chi connectivity index (χ1n) is 6.41. The van der Waals surface area contributed by atoms with E-state index in [1.807, 2.05) is 0 Å². The second kappa shape index (κ2) is 5.57. The average Bonchev–Trinajstić information content (AvgIpc) is 2.40. The van der Waals surface area contributed by atoms with Crippen molar-refractivity contribution in [1.82, 2.24) is 5.32 Å². The van der Waals surface area contributed by atoms with Gasteiger partial charge in [0.05, 0.1) is 5.56 Å². The molecule has 3 N–H and O–H groups in total. The number of carbonyl (C=O) groups excluding carboxylic acids is 1. The van der Waals surface area contributed by atoms with Crippen molar-refractivity contribution in [3.8, 4) is 0 Å². The molecule has 0 radical (unpaired) electrons. The Morgan fingerprint density at radius 1 is 1.47 bits per heavy atom. The molecule has 1 aliphatic heterocycles. The molecule has 1 aromatic rings. The highest BCUT2D eigenvalue weighted by atomic mass is 19.1. The Bertz CT molecular complexity index is 471. The molecular formula is C14H19FN2O2. The van der Waals surface area contributed by atoms with Gasteiger partial charge in [0.2, 0.25) is 0 Å². The number of nitrogens with one attached hydrogen (secondary N) is 1. The zero-order chi connectivity index (χ0) is 13.9. The molecular weight excluding hydrogens is 247 g/mol. The van der Waals surface area contributed by atoms with E-state index in [4.69, 9.17) is 10.5 Å². The Kier molecular flexibility index (Phi) is 4.04. The number of nitrogens with two attached hydrogens (primary N) is 1. The highest BCUT2D eigenvalue weighted by molar-refractivity contribution is 5.99. The van der Waals surface area contributed by atoms with Gasteiger partial charge in [-0.2, -0.15) is 0 Å². The van der Waals surface area contributed by atoms with Gasteiger partial charge in [-0.25, -0.2) is 4.39 Å². The second-order valence-electron chi connectivity index (χ2n) is 5.34. The van der Waals surface area contributed by atoms with Gasteiger partial charge in [-0.15, -0.1) is 0 Å². The van der Waals surface area contributed by atoms with Gasteiger partial charge in [0.1, 0.15) is 5.82 Å². The monoisotopic (exact) mass is 266 g/mol. The number of halogens is 1. The Balaban J connectivity index is 1.99. The number of nitrogen functional groups attached to an aromatic ring is 1. The molecule has 104 valence electrons. The van der Waals surface area contributed by atoms with E-state index in [0.717, 1.165) is 18.9 Å². The zero-order valence-electron chi connectivity index (χ0n) is 11.0. The van der Waals surface area contributed by atoms with E-state index in [0.29, 0.717) is 19.8 Å². The summed E-state index contributed by atoms with van der Waals surface area (Å²) in [6, 6.07) is 3.81. The number of anilines is 1. The molecule has 1 aliphatic rings. The van der Waals surface area contributed by atoms with E-state index >= 15 is 0 Å². The van der Waals surface area contributed by atoms with Crippen molar-refractivity contribution in [3.05, 3.63) is 29.6 Å². The van der Waals surface area contributed by atoms with Crippen LogP contribution in [-0.2, 0) is 4.74 Å². The molecule has 0 aromatic heterocycles. The lowest BCUT2D eigenvalue weighted by molar-refractivity contribution is 0.0238. The van der Waals surface area contributed by atoms with Crippen molar-refractivity contribution in [2.75, 3.05) is 25.5 Å². The van der Waals surface area contributed by atoms with Crippen molar-refractivity contribution < 1.29 is 13.9 Å². The molecule has 1 heterocycles. The van der Waals surface area contributed by atoms with Crippen LogP contribution in [0.2, 0.25) is 0 Å². The fourth-order valence-corrected chi connectivity index (χ4v) is 2.16. The van der Waals surface area contributed by atoms with E-state index in [1.165, 1.54) is 12.1 Å². The molecule has 2 rings (SSSR count). The molecule has 0 atom stereocenters. The predicted octanol–water partition coefficient (Wildman–Crippen LogP) is 1.95. The SMILES string of the molecule is CC1(CNC(=O)c2cc(F)ccc2N)CCOCC1. The van der Waals surface area contributed by atoms with Gasteiger partial charge in [-0.05, 0) is 36.5 Å². The number of benzene rings is 1. The average molecular weight is 266 g/mol. The fourth-order valence-electron chi connectivity index (χ4n) is 2.16. The third kappa shape index (κ3) is 3.44. The van der Waals surface area contributed by atoms with E-state index < -0.39 is 5.82 Å². The quantitative estimate of drug-likeness (QED) is 0.822. The Labute approximate surface area is 112 Å². The predicted molar refractivity (Wildman–Crippen MR) is 71.3 cm³/mol. The van der Waals surface area contributed by atoms with Gasteiger partial charge in [0.25, 0.3) is 5.91 Å². The normalized spacial score (nSPS) is 18.0. The summed E-state index contributed by atoms with van der Waals surface area (Å²) >= 11 is 0. The van der Waals surface area contributed by atoms with Crippen LogP contribution in [0.25, 0.3) is 0 Å². The molecule has 4 nitrogen and oxygen atoms in total. The van der Waals surface area contributed by atoms with Crippen LogP contribution in [0, 0.1) is 11.2 Å². The Morgan fingerprint density at radius 2 is 2.16 bits per heavy atom. The molecule has 0 bridgehead atoms. The van der Waals surface area contributed by atoms with Crippen LogP contribution >= 0.6 is 0 Å². The summed E-state index contributed by atoms with van der Waals surface area (Å²) in [5, 5.41) is 2.84. The summed E-state index contributed by atoms with van der Waals surface area (Å²) in [4.78, 5) is 12.0. The summed E-state index contributed by atoms with van der Waals surface area (Å²) in [5.74, 6) is -0.790. The van der Waals surface area contributed by atoms with Gasteiger partial charge in [0, 0.05) is 25.4 Å². The third-order valence-corrected chi connectivity index (χ3v) is 3.64. The lowest BCUT2D eigenvalue weighted by Gasteiger charge is -2.33. The number of hydrogen-bond donors (Lipinski definition) is 2. The fraction of sp³-hybridized carbons (Fsp3) is 0.500. The van der Waals surface area contributed by atoms with Crippen LogP contribution in [-0.4, -0.2) is 25.7 Å². The number of rotatable bonds is 3. The maximum atomic E-state index is 13.1. The van der Waals surface area contributed by atoms with Crippen molar-refractivity contribution in [2.24, 2.45) is 5.41 Å². The molecule has 0 aliphatic carbocycles. The summed E-state index contributed by atoms with van der Waals surface area (Å²) in [6.07, 6.45) is 1.82. The van der Waals surface area contributed by atoms with Gasteiger partial charge in [-0.1, -0.05) is 6.92 Å². The first-order valence-corrected chi connectivity index (χ1v) is 6.41. The number of amides is 1. The largest absolute Gasteiger partial charge is 0.398 e. The van der Waals surface area contributed by atoms with Crippen LogP contribution in [0.4, 0.5) is 10.1 Å². The maximum absolute atomic E-state index is 13.1. The van der Waals surface area contributed by atoms with Crippen molar-refractivity contribution in [2.45, 2.75) is 19.8 Å². The highest BCUT2D eigenvalue weighted by Gasteiger charge is 2.28. The topological polar surface area (TPSA) is 64.4 Å². The lowest BCUT2D eigenvalue weighted by Crippen LogP contribution is -2.39. The van der Waals surface area contributed by atoms with Crippen LogP contribution in [0.1, 0.15) is 30.1 Å². The van der Waals surface area contributed by atoms with Crippen LogP contribution < -0.4 is 11.1 Å². The van der Waals surface area contributed by atoms with Crippen LogP contribution in [0.5, 0.6) is 0 Å². The van der Waals surface area contributed by atoms with Gasteiger partial charge in [-0.3, -0.25) is 4.79 Å². The minimum absolute atomic E-state index is 0.0377. The summed E-state index contributed by atoms with van der Waals surface area (Å²) in [5.41, 5.74) is 6.20. The van der Waals surface area contributed by atoms with Crippen molar-refractivity contribution in [1.29, 1.82) is 0 Å². The first-order chi connectivity index (χ1) is 9.00. The first kappa shape index (κ1) is 13.8. The molecule has 19 heavy (non-hydrogen) atoms. The second-order valence-corrected chi connectivity index (χ2v) is 5.34.